The Hall–Kier alpha value is -1.55. The molecule has 1 amide bonds. The number of anilines is 2. The van der Waals surface area contributed by atoms with Crippen molar-refractivity contribution in [3.63, 3.8) is 0 Å². The fourth-order valence-electron chi connectivity index (χ4n) is 5.57. The lowest BCUT2D eigenvalue weighted by Crippen LogP contribution is -2.54. The first-order valence-electron chi connectivity index (χ1n) is 8.82. The number of hydrogen-bond acceptors (Lipinski definition) is 3. The van der Waals surface area contributed by atoms with Crippen LogP contribution in [-0.4, -0.2) is 25.2 Å². The Bertz CT molecular complexity index is 564. The molecule has 4 bridgehead atoms. The van der Waals surface area contributed by atoms with Crippen molar-refractivity contribution < 1.29 is 9.53 Å². The Kier molecular flexibility index (Phi) is 3.80. The van der Waals surface area contributed by atoms with Crippen LogP contribution in [0.3, 0.4) is 0 Å². The first-order chi connectivity index (χ1) is 11.2. The SMILES string of the molecule is COCC(=O)Nc1ccccc1NC12CC3CC(CC(C3)C1)C2. The minimum Gasteiger partial charge on any atom is -0.378 e. The van der Waals surface area contributed by atoms with Crippen LogP contribution >= 0.6 is 0 Å². The fraction of sp³-hybridized carbons (Fsp3) is 0.632. The summed E-state index contributed by atoms with van der Waals surface area (Å²) in [5.74, 6) is 2.62. The van der Waals surface area contributed by atoms with Gasteiger partial charge < -0.3 is 15.4 Å². The summed E-state index contributed by atoms with van der Waals surface area (Å²) in [5.41, 5.74) is 2.17. The topological polar surface area (TPSA) is 50.4 Å². The van der Waals surface area contributed by atoms with Crippen LogP contribution in [0.2, 0.25) is 0 Å². The lowest BCUT2D eigenvalue weighted by molar-refractivity contribution is -0.119. The number of benzene rings is 1. The monoisotopic (exact) mass is 314 g/mol. The molecule has 1 aromatic rings. The van der Waals surface area contributed by atoms with Crippen LogP contribution in [0, 0.1) is 17.8 Å². The number of nitrogens with one attached hydrogen (secondary N) is 2. The number of carbonyl (C=O) groups is 1. The van der Waals surface area contributed by atoms with Gasteiger partial charge in [-0.05, 0) is 68.4 Å². The van der Waals surface area contributed by atoms with E-state index < -0.39 is 0 Å². The molecule has 0 heterocycles. The van der Waals surface area contributed by atoms with Gasteiger partial charge in [0.05, 0.1) is 11.4 Å². The molecular weight excluding hydrogens is 288 g/mol. The van der Waals surface area contributed by atoms with Crippen molar-refractivity contribution in [1.82, 2.24) is 0 Å². The van der Waals surface area contributed by atoms with Gasteiger partial charge in [0.2, 0.25) is 5.91 Å². The molecule has 4 aliphatic carbocycles. The van der Waals surface area contributed by atoms with E-state index in [4.69, 9.17) is 4.74 Å². The summed E-state index contributed by atoms with van der Waals surface area (Å²) in [5, 5.41) is 6.81. The standard InChI is InChI=1S/C19H26N2O2/c1-23-12-18(22)20-16-4-2-3-5-17(16)21-19-9-13-6-14(10-19)8-15(7-13)11-19/h2-5,13-15,21H,6-12H2,1H3,(H,20,22). The van der Waals surface area contributed by atoms with Gasteiger partial charge in [0.15, 0.2) is 0 Å². The maximum Gasteiger partial charge on any atom is 0.250 e. The van der Waals surface area contributed by atoms with Crippen molar-refractivity contribution in [2.45, 2.75) is 44.1 Å². The molecule has 23 heavy (non-hydrogen) atoms. The van der Waals surface area contributed by atoms with E-state index in [1.807, 2.05) is 18.2 Å². The molecule has 4 heteroatoms. The normalized spacial score (nSPS) is 34.4. The van der Waals surface area contributed by atoms with Crippen molar-refractivity contribution >= 4 is 17.3 Å². The van der Waals surface area contributed by atoms with Gasteiger partial charge in [-0.1, -0.05) is 12.1 Å². The molecule has 124 valence electrons. The fourth-order valence-corrected chi connectivity index (χ4v) is 5.57. The van der Waals surface area contributed by atoms with Gasteiger partial charge >= 0.3 is 0 Å². The zero-order valence-corrected chi connectivity index (χ0v) is 13.8. The lowest BCUT2D eigenvalue weighted by Gasteiger charge is -2.57. The third-order valence-corrected chi connectivity index (χ3v) is 5.91. The highest BCUT2D eigenvalue weighted by atomic mass is 16.5. The third-order valence-electron chi connectivity index (χ3n) is 5.91. The predicted molar refractivity (Wildman–Crippen MR) is 91.5 cm³/mol. The Balaban J connectivity index is 1.54. The molecule has 1 aromatic carbocycles. The van der Waals surface area contributed by atoms with Crippen LogP contribution in [-0.2, 0) is 9.53 Å². The third kappa shape index (κ3) is 2.97. The number of hydrogen-bond donors (Lipinski definition) is 2. The quantitative estimate of drug-likeness (QED) is 0.872. The Labute approximate surface area is 138 Å². The maximum absolute atomic E-state index is 11.9. The first-order valence-corrected chi connectivity index (χ1v) is 8.82. The van der Waals surface area contributed by atoms with E-state index in [-0.39, 0.29) is 18.1 Å². The number of methoxy groups -OCH3 is 1. The Morgan fingerprint density at radius 2 is 1.65 bits per heavy atom. The summed E-state index contributed by atoms with van der Waals surface area (Å²) in [6.45, 7) is 0.0890. The summed E-state index contributed by atoms with van der Waals surface area (Å²) in [7, 11) is 1.54. The summed E-state index contributed by atoms with van der Waals surface area (Å²) in [4.78, 5) is 11.9. The van der Waals surface area contributed by atoms with Crippen LogP contribution in [0.4, 0.5) is 11.4 Å². The van der Waals surface area contributed by atoms with Gasteiger partial charge in [-0.3, -0.25) is 4.79 Å². The molecule has 5 rings (SSSR count). The van der Waals surface area contributed by atoms with Crippen LogP contribution in [0.15, 0.2) is 24.3 Å². The molecule has 0 spiro atoms. The van der Waals surface area contributed by atoms with Crippen LogP contribution < -0.4 is 10.6 Å². The molecule has 4 fully saturated rings. The van der Waals surface area contributed by atoms with E-state index in [9.17, 15) is 4.79 Å². The molecule has 4 saturated carbocycles. The zero-order chi connectivity index (χ0) is 15.9. The second-order valence-electron chi connectivity index (χ2n) is 7.85. The largest absolute Gasteiger partial charge is 0.378 e. The van der Waals surface area contributed by atoms with E-state index in [2.05, 4.69) is 16.7 Å². The Morgan fingerprint density at radius 3 is 2.22 bits per heavy atom. The summed E-state index contributed by atoms with van der Waals surface area (Å²) < 4.78 is 4.92. The first kappa shape index (κ1) is 15.0. The van der Waals surface area contributed by atoms with E-state index in [0.717, 1.165) is 29.1 Å². The molecule has 2 N–H and O–H groups in total. The zero-order valence-electron chi connectivity index (χ0n) is 13.8. The van der Waals surface area contributed by atoms with Gasteiger partial charge in [-0.2, -0.15) is 0 Å². The van der Waals surface area contributed by atoms with Crippen LogP contribution in [0.25, 0.3) is 0 Å². The average Bonchev–Trinajstić information content (AvgIpc) is 2.48. The molecule has 0 aromatic heterocycles. The molecule has 4 nitrogen and oxygen atoms in total. The van der Waals surface area contributed by atoms with Gasteiger partial charge in [0.25, 0.3) is 0 Å². The van der Waals surface area contributed by atoms with E-state index in [1.54, 1.807) is 7.11 Å². The summed E-state index contributed by atoms with van der Waals surface area (Å²) in [6, 6.07) is 8.06. The number of para-hydroxylation sites is 2. The summed E-state index contributed by atoms with van der Waals surface area (Å²) in [6.07, 6.45) is 8.19. The van der Waals surface area contributed by atoms with E-state index in [1.165, 1.54) is 38.5 Å². The smallest absolute Gasteiger partial charge is 0.250 e. The molecule has 0 saturated heterocycles. The number of ether oxygens (including phenoxy) is 1. The second kappa shape index (κ2) is 5.82. The molecule has 4 aliphatic rings. The van der Waals surface area contributed by atoms with Crippen molar-refractivity contribution in [2.75, 3.05) is 24.4 Å². The number of carbonyl (C=O) groups excluding carboxylic acids is 1. The van der Waals surface area contributed by atoms with Crippen molar-refractivity contribution in [3.8, 4) is 0 Å². The number of amides is 1. The highest BCUT2D eigenvalue weighted by Gasteiger charge is 2.51. The average molecular weight is 314 g/mol. The Morgan fingerprint density at radius 1 is 1.09 bits per heavy atom. The van der Waals surface area contributed by atoms with Gasteiger partial charge in [0.1, 0.15) is 6.61 Å². The molecular formula is C19H26N2O2. The number of rotatable bonds is 5. The van der Waals surface area contributed by atoms with Crippen LogP contribution in [0.5, 0.6) is 0 Å². The van der Waals surface area contributed by atoms with Gasteiger partial charge in [-0.25, -0.2) is 0 Å². The second-order valence-corrected chi connectivity index (χ2v) is 7.85. The van der Waals surface area contributed by atoms with Crippen molar-refractivity contribution in [3.05, 3.63) is 24.3 Å². The van der Waals surface area contributed by atoms with Gasteiger partial charge in [0, 0.05) is 12.6 Å². The molecule has 0 atom stereocenters. The van der Waals surface area contributed by atoms with E-state index in [0.29, 0.717) is 0 Å². The molecule has 0 radical (unpaired) electrons. The van der Waals surface area contributed by atoms with Crippen molar-refractivity contribution in [2.24, 2.45) is 17.8 Å². The van der Waals surface area contributed by atoms with Crippen LogP contribution in [0.1, 0.15) is 38.5 Å². The van der Waals surface area contributed by atoms with Crippen molar-refractivity contribution in [1.29, 1.82) is 0 Å². The maximum atomic E-state index is 11.9. The lowest BCUT2D eigenvalue weighted by atomic mass is 9.53. The molecule has 0 unspecified atom stereocenters. The highest BCUT2D eigenvalue weighted by Crippen LogP contribution is 2.56. The van der Waals surface area contributed by atoms with Gasteiger partial charge in [-0.15, -0.1) is 0 Å². The predicted octanol–water partition coefficient (Wildman–Crippen LogP) is 3.65. The summed E-state index contributed by atoms with van der Waals surface area (Å²) >= 11 is 0. The molecule has 0 aliphatic heterocycles. The minimum absolute atomic E-state index is 0.0890. The van der Waals surface area contributed by atoms with E-state index >= 15 is 0 Å². The minimum atomic E-state index is -0.104. The highest BCUT2D eigenvalue weighted by molar-refractivity contribution is 5.95.